The Morgan fingerprint density at radius 2 is 1.77 bits per heavy atom. The Kier molecular flexibility index (Phi) is 11.7. The lowest BCUT2D eigenvalue weighted by atomic mass is 9.87. The maximum Gasteiger partial charge on any atom is 0.253 e. The van der Waals surface area contributed by atoms with Gasteiger partial charge in [-0.3, -0.25) is 4.79 Å². The van der Waals surface area contributed by atoms with Gasteiger partial charge in [-0.15, -0.1) is 0 Å². The number of carbonyl (C=O) groups excluding carboxylic acids is 1. The number of fused-ring (bicyclic) bond motifs is 1. The van der Waals surface area contributed by atoms with E-state index in [-0.39, 0.29) is 18.4 Å². The van der Waals surface area contributed by atoms with E-state index in [0.29, 0.717) is 42.6 Å². The van der Waals surface area contributed by atoms with Crippen molar-refractivity contribution in [2.75, 3.05) is 18.1 Å². The van der Waals surface area contributed by atoms with Gasteiger partial charge in [0.05, 0.1) is 18.4 Å². The second-order valence-corrected chi connectivity index (χ2v) is 12.0. The Balaban J connectivity index is 1.25. The summed E-state index contributed by atoms with van der Waals surface area (Å²) in [4.78, 5) is 15.0. The Bertz CT molecular complexity index is 1060. The highest BCUT2D eigenvalue weighted by molar-refractivity contribution is 5.94. The van der Waals surface area contributed by atoms with E-state index in [1.165, 1.54) is 19.3 Å². The number of aliphatic hydroxyl groups excluding tert-OH is 2. The van der Waals surface area contributed by atoms with Gasteiger partial charge in [0.15, 0.2) is 0 Å². The van der Waals surface area contributed by atoms with Gasteiger partial charge in [0, 0.05) is 18.2 Å². The first-order chi connectivity index (χ1) is 19.5. The number of amides is 1. The van der Waals surface area contributed by atoms with E-state index in [1.54, 1.807) is 4.90 Å². The molecule has 0 aromatic heterocycles. The van der Waals surface area contributed by atoms with E-state index in [0.717, 1.165) is 49.8 Å². The molecule has 4 rings (SSSR count). The average Bonchev–Trinajstić information content (AvgIpc) is 3.50. The summed E-state index contributed by atoms with van der Waals surface area (Å²) in [5, 5.41) is 21.8. The smallest absolute Gasteiger partial charge is 0.253 e. The van der Waals surface area contributed by atoms with Crippen molar-refractivity contribution >= 4 is 11.6 Å². The third kappa shape index (κ3) is 8.20. The van der Waals surface area contributed by atoms with Gasteiger partial charge in [-0.2, -0.15) is 0 Å². The third-order valence-electron chi connectivity index (χ3n) is 9.26. The van der Waals surface area contributed by atoms with Crippen LogP contribution in [0.1, 0.15) is 77.2 Å². The molecule has 2 N–H and O–H groups in total. The summed E-state index contributed by atoms with van der Waals surface area (Å²) in [6.07, 6.45) is 11.0. The van der Waals surface area contributed by atoms with Crippen LogP contribution in [0.2, 0.25) is 0 Å². The predicted molar refractivity (Wildman–Crippen MR) is 162 cm³/mol. The lowest BCUT2D eigenvalue weighted by Gasteiger charge is -2.23. The van der Waals surface area contributed by atoms with Gasteiger partial charge in [-0.25, -0.2) is 0 Å². The first kappa shape index (κ1) is 30.3. The van der Waals surface area contributed by atoms with Crippen LogP contribution in [-0.4, -0.2) is 35.4 Å². The van der Waals surface area contributed by atoms with Crippen LogP contribution in [0.25, 0.3) is 0 Å². The zero-order chi connectivity index (χ0) is 28.3. The maximum atomic E-state index is 13.2. The quantitative estimate of drug-likeness (QED) is 0.177. The molecule has 2 aliphatic rings. The van der Waals surface area contributed by atoms with Crippen molar-refractivity contribution in [3.63, 3.8) is 0 Å². The van der Waals surface area contributed by atoms with Crippen molar-refractivity contribution < 1.29 is 19.7 Å². The Labute approximate surface area is 241 Å². The second kappa shape index (κ2) is 15.4. The van der Waals surface area contributed by atoms with Crippen LogP contribution in [0.5, 0.6) is 0 Å². The fourth-order valence-corrected chi connectivity index (χ4v) is 6.97. The van der Waals surface area contributed by atoms with E-state index in [9.17, 15) is 15.0 Å². The van der Waals surface area contributed by atoms with Crippen LogP contribution >= 0.6 is 0 Å². The van der Waals surface area contributed by atoms with Crippen molar-refractivity contribution in [1.82, 2.24) is 0 Å². The molecule has 0 spiro atoms. The fourth-order valence-electron chi connectivity index (χ4n) is 6.97. The minimum Gasteiger partial charge on any atom is -0.512 e. The molecule has 218 valence electrons. The number of rotatable bonds is 15. The number of anilines is 1. The molecule has 0 heterocycles. The molecular weight excluding hydrogens is 498 g/mol. The van der Waals surface area contributed by atoms with Crippen LogP contribution in [0, 0.1) is 29.6 Å². The number of ether oxygens (including phenoxy) is 1. The van der Waals surface area contributed by atoms with E-state index < -0.39 is 6.10 Å². The SMILES string of the molecule is CCCCC(CC)CC=C(O)[C@@H]1[C@@H]2C[C@@H](CCOCC(=O)N(Cc3ccccc3)c3ccccc3)C[C@H]2C[C@H]1O. The van der Waals surface area contributed by atoms with Crippen molar-refractivity contribution in [1.29, 1.82) is 0 Å². The maximum absolute atomic E-state index is 13.2. The number of carbonyl (C=O) groups is 1. The second-order valence-electron chi connectivity index (χ2n) is 12.0. The molecule has 0 radical (unpaired) electrons. The standard InChI is InChI=1S/C35H49NO4/c1-3-5-12-26(4-2)17-18-32(37)35-31-22-28(21-29(31)23-33(35)38)19-20-40-25-34(39)36(30-15-10-7-11-16-30)24-27-13-8-6-9-14-27/h6-11,13-16,18,26,28-29,31,33,35,37-38H,3-5,12,17,19-25H2,1-2H3/t26?,28-,29-,31+,33+,35-/m0/s1. The van der Waals surface area contributed by atoms with Crippen molar-refractivity contribution in [3.8, 4) is 0 Å². The monoisotopic (exact) mass is 547 g/mol. The van der Waals surface area contributed by atoms with Gasteiger partial charge in [0.1, 0.15) is 6.61 Å². The van der Waals surface area contributed by atoms with E-state index in [4.69, 9.17) is 4.74 Å². The fraction of sp³-hybridized carbons (Fsp3) is 0.571. The summed E-state index contributed by atoms with van der Waals surface area (Å²) >= 11 is 0. The number of allylic oxidation sites excluding steroid dienone is 1. The van der Waals surface area contributed by atoms with Crippen molar-refractivity contribution in [2.24, 2.45) is 29.6 Å². The Morgan fingerprint density at radius 3 is 2.48 bits per heavy atom. The van der Waals surface area contributed by atoms with Gasteiger partial charge in [-0.05, 0) is 79.5 Å². The molecule has 5 heteroatoms. The lowest BCUT2D eigenvalue weighted by molar-refractivity contribution is -0.123. The molecule has 2 aromatic carbocycles. The number of benzene rings is 2. The minimum atomic E-state index is -0.439. The third-order valence-corrected chi connectivity index (χ3v) is 9.26. The summed E-state index contributed by atoms with van der Waals surface area (Å²) in [5.74, 6) is 2.17. The number of para-hydroxylation sites is 1. The van der Waals surface area contributed by atoms with Gasteiger partial charge in [-0.1, -0.05) is 88.1 Å². The topological polar surface area (TPSA) is 70.0 Å². The van der Waals surface area contributed by atoms with E-state index in [1.807, 2.05) is 66.7 Å². The number of unbranched alkanes of at least 4 members (excludes halogenated alkanes) is 1. The number of nitrogens with zero attached hydrogens (tertiary/aromatic N) is 1. The molecule has 0 bridgehead atoms. The molecule has 2 saturated carbocycles. The Hall–Kier alpha value is -2.63. The minimum absolute atomic E-state index is 0.0408. The molecule has 2 fully saturated rings. The van der Waals surface area contributed by atoms with E-state index in [2.05, 4.69) is 13.8 Å². The zero-order valence-corrected chi connectivity index (χ0v) is 24.5. The van der Waals surface area contributed by atoms with Crippen LogP contribution in [-0.2, 0) is 16.1 Å². The molecule has 40 heavy (non-hydrogen) atoms. The summed E-state index contributed by atoms with van der Waals surface area (Å²) in [5.41, 5.74) is 1.95. The van der Waals surface area contributed by atoms with Crippen LogP contribution in [0.3, 0.4) is 0 Å². The molecule has 1 unspecified atom stereocenters. The highest BCUT2D eigenvalue weighted by atomic mass is 16.5. The molecule has 2 aliphatic carbocycles. The molecule has 0 aliphatic heterocycles. The van der Waals surface area contributed by atoms with Crippen LogP contribution < -0.4 is 4.90 Å². The van der Waals surface area contributed by atoms with E-state index >= 15 is 0 Å². The van der Waals surface area contributed by atoms with Crippen molar-refractivity contribution in [3.05, 3.63) is 78.1 Å². The van der Waals surface area contributed by atoms with Gasteiger partial charge in [0.2, 0.25) is 0 Å². The highest BCUT2D eigenvalue weighted by Crippen LogP contribution is 2.52. The molecular formula is C35H49NO4. The summed E-state index contributed by atoms with van der Waals surface area (Å²) in [7, 11) is 0. The van der Waals surface area contributed by atoms with Gasteiger partial charge < -0.3 is 19.8 Å². The summed E-state index contributed by atoms with van der Waals surface area (Å²) < 4.78 is 5.92. The number of hydrogen-bond donors (Lipinski definition) is 2. The Morgan fingerprint density at radius 1 is 1.05 bits per heavy atom. The average molecular weight is 548 g/mol. The van der Waals surface area contributed by atoms with Gasteiger partial charge >= 0.3 is 0 Å². The summed E-state index contributed by atoms with van der Waals surface area (Å²) in [6.45, 7) is 5.57. The van der Waals surface area contributed by atoms with Crippen LogP contribution in [0.4, 0.5) is 5.69 Å². The predicted octanol–water partition coefficient (Wildman–Crippen LogP) is 7.70. The molecule has 0 saturated heterocycles. The van der Waals surface area contributed by atoms with Crippen molar-refractivity contribution in [2.45, 2.75) is 84.3 Å². The summed E-state index contributed by atoms with van der Waals surface area (Å²) in [6, 6.07) is 19.8. The first-order valence-corrected chi connectivity index (χ1v) is 15.5. The molecule has 1 amide bonds. The number of aliphatic hydroxyl groups is 2. The highest BCUT2D eigenvalue weighted by Gasteiger charge is 2.49. The zero-order valence-electron chi connectivity index (χ0n) is 24.5. The van der Waals surface area contributed by atoms with Gasteiger partial charge in [0.25, 0.3) is 5.91 Å². The molecule has 2 aromatic rings. The molecule has 6 atom stereocenters. The van der Waals surface area contributed by atoms with Crippen LogP contribution in [0.15, 0.2) is 72.5 Å². The normalized spacial score (nSPS) is 25.1. The number of hydrogen-bond acceptors (Lipinski definition) is 4. The first-order valence-electron chi connectivity index (χ1n) is 15.5. The molecule has 5 nitrogen and oxygen atoms in total. The largest absolute Gasteiger partial charge is 0.512 e. The lowest BCUT2D eigenvalue weighted by Crippen LogP contribution is -2.33.